The molecule has 2 aromatic rings. The summed E-state index contributed by atoms with van der Waals surface area (Å²) >= 11 is 4.75. The Morgan fingerprint density at radius 1 is 1.39 bits per heavy atom. The molecule has 0 aliphatic carbocycles. The van der Waals surface area contributed by atoms with Crippen LogP contribution in [0.3, 0.4) is 0 Å². The van der Waals surface area contributed by atoms with Crippen molar-refractivity contribution >= 4 is 27.3 Å². The fourth-order valence-electron chi connectivity index (χ4n) is 1.72. The minimum absolute atomic E-state index is 0.525. The first-order chi connectivity index (χ1) is 8.51. The third-order valence-electron chi connectivity index (χ3n) is 2.64. The van der Waals surface area contributed by atoms with E-state index in [0.29, 0.717) is 11.4 Å². The number of hydrogen-bond donors (Lipinski definition) is 1. The molecular formula is C13H14BrNO2S. The molecule has 1 N–H and O–H groups in total. The number of hydrogen-bond acceptors (Lipinski definition) is 4. The van der Waals surface area contributed by atoms with Gasteiger partial charge in [0, 0.05) is 11.8 Å². The minimum Gasteiger partial charge on any atom is -0.497 e. The maximum absolute atomic E-state index is 10.5. The average molecular weight is 328 g/mol. The van der Waals surface area contributed by atoms with E-state index in [1.807, 2.05) is 29.6 Å². The van der Waals surface area contributed by atoms with Gasteiger partial charge in [0.2, 0.25) is 0 Å². The second-order valence-corrected chi connectivity index (χ2v) is 5.94. The number of benzene rings is 1. The van der Waals surface area contributed by atoms with Gasteiger partial charge in [0.1, 0.15) is 21.0 Å². The fraction of sp³-hybridized carbons (Fsp3) is 0.308. The van der Waals surface area contributed by atoms with Crippen molar-refractivity contribution in [2.24, 2.45) is 0 Å². The van der Waals surface area contributed by atoms with E-state index in [-0.39, 0.29) is 0 Å². The van der Waals surface area contributed by atoms with Crippen LogP contribution in [0, 0.1) is 0 Å². The summed E-state index contributed by atoms with van der Waals surface area (Å²) in [6.07, 6.45) is 0.525. The van der Waals surface area contributed by atoms with E-state index >= 15 is 0 Å². The summed E-state index contributed by atoms with van der Waals surface area (Å²) in [6.45, 7) is 1.78. The third kappa shape index (κ3) is 3.10. The average Bonchev–Trinajstić information content (AvgIpc) is 2.77. The van der Waals surface area contributed by atoms with Crippen LogP contribution < -0.4 is 4.74 Å². The van der Waals surface area contributed by atoms with Gasteiger partial charge in [-0.1, -0.05) is 12.1 Å². The van der Waals surface area contributed by atoms with Gasteiger partial charge in [0.15, 0.2) is 0 Å². The lowest BCUT2D eigenvalue weighted by Crippen LogP contribution is -2.24. The molecule has 0 spiro atoms. The van der Waals surface area contributed by atoms with Crippen molar-refractivity contribution < 1.29 is 9.84 Å². The molecule has 0 aliphatic heterocycles. The Morgan fingerprint density at radius 3 is 2.56 bits per heavy atom. The van der Waals surface area contributed by atoms with Crippen molar-refractivity contribution in [2.45, 2.75) is 18.9 Å². The van der Waals surface area contributed by atoms with Crippen molar-refractivity contribution in [3.8, 4) is 5.75 Å². The molecule has 2 rings (SSSR count). The predicted octanol–water partition coefficient (Wildman–Crippen LogP) is 3.36. The van der Waals surface area contributed by atoms with Gasteiger partial charge in [-0.25, -0.2) is 4.98 Å². The van der Waals surface area contributed by atoms with E-state index in [1.165, 1.54) is 11.3 Å². The summed E-state index contributed by atoms with van der Waals surface area (Å²) in [5.41, 5.74) is 0.0952. The van der Waals surface area contributed by atoms with Crippen LogP contribution in [0.5, 0.6) is 5.75 Å². The summed E-state index contributed by atoms with van der Waals surface area (Å²) < 4.78 is 5.87. The minimum atomic E-state index is -0.953. The molecule has 0 fully saturated rings. The largest absolute Gasteiger partial charge is 0.497 e. The Labute approximate surface area is 119 Å². The van der Waals surface area contributed by atoms with Crippen molar-refractivity contribution in [3.63, 3.8) is 0 Å². The number of aromatic nitrogens is 1. The van der Waals surface area contributed by atoms with E-state index < -0.39 is 5.60 Å². The lowest BCUT2D eigenvalue weighted by Gasteiger charge is -2.20. The van der Waals surface area contributed by atoms with Crippen LogP contribution >= 0.6 is 27.3 Å². The summed E-state index contributed by atoms with van der Waals surface area (Å²) in [7, 11) is 1.64. The van der Waals surface area contributed by atoms with Crippen molar-refractivity contribution in [1.29, 1.82) is 0 Å². The molecule has 96 valence electrons. The monoisotopic (exact) mass is 327 g/mol. The zero-order chi connectivity index (χ0) is 13.2. The van der Waals surface area contributed by atoms with Gasteiger partial charge in [-0.2, -0.15) is 0 Å². The van der Waals surface area contributed by atoms with Gasteiger partial charge < -0.3 is 9.84 Å². The first-order valence-corrected chi connectivity index (χ1v) is 7.15. The number of ether oxygens (including phenoxy) is 1. The van der Waals surface area contributed by atoms with E-state index in [2.05, 4.69) is 20.9 Å². The summed E-state index contributed by atoms with van der Waals surface area (Å²) in [6, 6.07) is 7.69. The summed E-state index contributed by atoms with van der Waals surface area (Å²) in [4.78, 5) is 4.27. The Hall–Kier alpha value is -0.910. The molecule has 1 aromatic heterocycles. The van der Waals surface area contributed by atoms with Crippen molar-refractivity contribution in [3.05, 3.63) is 44.8 Å². The molecule has 1 aromatic carbocycles. The zero-order valence-electron chi connectivity index (χ0n) is 10.2. The van der Waals surface area contributed by atoms with Gasteiger partial charge in [-0.3, -0.25) is 0 Å². The Bertz CT molecular complexity index is 522. The molecule has 18 heavy (non-hydrogen) atoms. The highest BCUT2D eigenvalue weighted by molar-refractivity contribution is 9.10. The molecule has 0 saturated carbocycles. The Balaban J connectivity index is 2.16. The lowest BCUT2D eigenvalue weighted by molar-refractivity contribution is 0.0572. The molecule has 0 radical (unpaired) electrons. The standard InChI is InChI=1S/C13H14BrNO2S/c1-13(16,12-15-11(14)8-18-12)7-9-3-5-10(17-2)6-4-9/h3-6,8,16H,7H2,1-2H3. The Morgan fingerprint density at radius 2 is 2.06 bits per heavy atom. The van der Waals surface area contributed by atoms with Gasteiger partial charge in [0.25, 0.3) is 0 Å². The van der Waals surface area contributed by atoms with E-state index in [4.69, 9.17) is 4.74 Å². The molecule has 0 saturated heterocycles. The van der Waals surface area contributed by atoms with Crippen molar-refractivity contribution in [1.82, 2.24) is 4.98 Å². The molecule has 0 bridgehead atoms. The van der Waals surface area contributed by atoms with Gasteiger partial charge in [-0.15, -0.1) is 11.3 Å². The summed E-state index contributed by atoms with van der Waals surface area (Å²) in [5, 5.41) is 13.1. The molecular weight excluding hydrogens is 314 g/mol. The smallest absolute Gasteiger partial charge is 0.126 e. The van der Waals surface area contributed by atoms with Gasteiger partial charge >= 0.3 is 0 Å². The number of thiazole rings is 1. The topological polar surface area (TPSA) is 42.4 Å². The second-order valence-electron chi connectivity index (χ2n) is 4.27. The third-order valence-corrected chi connectivity index (χ3v) is 4.45. The molecule has 1 heterocycles. The zero-order valence-corrected chi connectivity index (χ0v) is 12.6. The number of rotatable bonds is 4. The maximum atomic E-state index is 10.5. The number of methoxy groups -OCH3 is 1. The molecule has 0 amide bonds. The Kier molecular flexibility index (Phi) is 4.04. The molecule has 0 aliphatic rings. The molecule has 3 nitrogen and oxygen atoms in total. The van der Waals surface area contributed by atoms with Crippen LogP contribution in [0.4, 0.5) is 0 Å². The number of aliphatic hydroxyl groups is 1. The summed E-state index contributed by atoms with van der Waals surface area (Å²) in [5.74, 6) is 0.815. The first-order valence-electron chi connectivity index (χ1n) is 5.48. The molecule has 5 heteroatoms. The number of nitrogens with zero attached hydrogens (tertiary/aromatic N) is 1. The molecule has 1 unspecified atom stereocenters. The number of halogens is 1. The van der Waals surface area contributed by atoms with Gasteiger partial charge in [-0.05, 0) is 40.5 Å². The predicted molar refractivity (Wildman–Crippen MR) is 76.1 cm³/mol. The highest BCUT2D eigenvalue weighted by Gasteiger charge is 2.27. The highest BCUT2D eigenvalue weighted by Crippen LogP contribution is 2.30. The van der Waals surface area contributed by atoms with Crippen LogP contribution in [-0.2, 0) is 12.0 Å². The van der Waals surface area contributed by atoms with Crippen LogP contribution in [0.25, 0.3) is 0 Å². The molecule has 1 atom stereocenters. The van der Waals surface area contributed by atoms with E-state index in [9.17, 15) is 5.11 Å². The van der Waals surface area contributed by atoms with Crippen LogP contribution in [0.2, 0.25) is 0 Å². The lowest BCUT2D eigenvalue weighted by atomic mass is 9.97. The van der Waals surface area contributed by atoms with E-state index in [1.54, 1.807) is 14.0 Å². The van der Waals surface area contributed by atoms with Crippen LogP contribution in [0.15, 0.2) is 34.2 Å². The van der Waals surface area contributed by atoms with Crippen molar-refractivity contribution in [2.75, 3.05) is 7.11 Å². The normalized spacial score (nSPS) is 14.2. The fourth-order valence-corrected chi connectivity index (χ4v) is 3.03. The maximum Gasteiger partial charge on any atom is 0.126 e. The highest BCUT2D eigenvalue weighted by atomic mass is 79.9. The SMILES string of the molecule is COc1ccc(CC(C)(O)c2nc(Br)cs2)cc1. The second kappa shape index (κ2) is 5.38. The quantitative estimate of drug-likeness (QED) is 0.936. The first kappa shape index (κ1) is 13.5. The van der Waals surface area contributed by atoms with Crippen LogP contribution in [0.1, 0.15) is 17.5 Å². The van der Waals surface area contributed by atoms with E-state index in [0.717, 1.165) is 15.9 Å². The van der Waals surface area contributed by atoms with Gasteiger partial charge in [0.05, 0.1) is 7.11 Å². The van der Waals surface area contributed by atoms with Crippen LogP contribution in [-0.4, -0.2) is 17.2 Å².